The van der Waals surface area contributed by atoms with E-state index in [0.29, 0.717) is 6.07 Å². The fraction of sp³-hybridized carbons (Fsp3) is 0.333. The monoisotopic (exact) mass is 284 g/mol. The first kappa shape index (κ1) is 13.2. The normalized spacial score (nSPS) is 21.9. The average Bonchev–Trinajstić information content (AvgIpc) is 2.43. The summed E-state index contributed by atoms with van der Waals surface area (Å²) in [4.78, 5) is 0. The maximum Gasteiger partial charge on any atom is 0.275 e. The highest BCUT2D eigenvalue weighted by molar-refractivity contribution is 7.87. The van der Waals surface area contributed by atoms with Crippen LogP contribution >= 0.6 is 0 Å². The van der Waals surface area contributed by atoms with Crippen molar-refractivity contribution in [3.05, 3.63) is 34.9 Å². The summed E-state index contributed by atoms with van der Waals surface area (Å²) in [5.74, 6) is -6.39. The van der Waals surface area contributed by atoms with Crippen molar-refractivity contribution >= 4 is 10.2 Å². The van der Waals surface area contributed by atoms with Crippen LogP contribution < -0.4 is 9.86 Å². The predicted molar refractivity (Wildman–Crippen MR) is 54.0 cm³/mol. The number of benzene rings is 1. The first-order valence-electron chi connectivity index (χ1n) is 4.76. The van der Waals surface area contributed by atoms with Crippen LogP contribution in [0, 0.1) is 11.6 Å². The summed E-state index contributed by atoms with van der Waals surface area (Å²) in [5, 5.41) is 4.59. The molecular weight excluding hydrogens is 276 g/mol. The minimum absolute atomic E-state index is 0.153. The van der Waals surface area contributed by atoms with Crippen molar-refractivity contribution in [1.29, 1.82) is 0 Å². The topological polar surface area (TPSA) is 72.2 Å². The van der Waals surface area contributed by atoms with Gasteiger partial charge in [-0.1, -0.05) is 6.07 Å². The van der Waals surface area contributed by atoms with Crippen molar-refractivity contribution < 1.29 is 26.0 Å². The Kier molecular flexibility index (Phi) is 2.87. The zero-order chi connectivity index (χ0) is 13.7. The molecule has 9 heteroatoms. The molecule has 1 aromatic carbocycles. The minimum Gasteiger partial charge on any atom is -0.216 e. The maximum atomic E-state index is 13.6. The summed E-state index contributed by atoms with van der Waals surface area (Å²) in [7, 11) is -4.47. The Morgan fingerprint density at radius 1 is 1.33 bits per heavy atom. The van der Waals surface area contributed by atoms with Gasteiger partial charge in [-0.3, -0.25) is 0 Å². The lowest BCUT2D eigenvalue weighted by Gasteiger charge is -2.20. The lowest BCUT2D eigenvalue weighted by atomic mass is 10.1. The largest absolute Gasteiger partial charge is 0.275 e. The second-order valence-corrected chi connectivity index (χ2v) is 5.29. The van der Waals surface area contributed by atoms with Crippen LogP contribution in [-0.2, 0) is 16.6 Å². The molecule has 18 heavy (non-hydrogen) atoms. The van der Waals surface area contributed by atoms with E-state index in [4.69, 9.17) is 0 Å². The first-order chi connectivity index (χ1) is 8.12. The van der Waals surface area contributed by atoms with E-state index >= 15 is 0 Å². The Hall–Kier alpha value is -1.19. The smallest absolute Gasteiger partial charge is 0.216 e. The summed E-state index contributed by atoms with van der Waals surface area (Å²) in [6, 6.07) is -0.492. The summed E-state index contributed by atoms with van der Waals surface area (Å²) in [6.45, 7) is 0. The second kappa shape index (κ2) is 3.90. The molecule has 0 fully saturated rings. The number of hydrogen-bond acceptors (Lipinski definition) is 2. The molecule has 0 aromatic heterocycles. The standard InChI is InChI=1S/C9H8F4N2O2S/c10-5-2-1-4-3-9(12,13)8(6(4)7(5)11)15-18(14,16)17/h1-2,8,15H,3H2,(H2,14,16,17). The molecule has 3 N–H and O–H groups in total. The van der Waals surface area contributed by atoms with E-state index in [9.17, 15) is 26.0 Å². The van der Waals surface area contributed by atoms with Crippen LogP contribution in [0.15, 0.2) is 12.1 Å². The van der Waals surface area contributed by atoms with Gasteiger partial charge in [0.1, 0.15) is 6.04 Å². The van der Waals surface area contributed by atoms with E-state index in [2.05, 4.69) is 5.14 Å². The first-order valence-corrected chi connectivity index (χ1v) is 6.31. The SMILES string of the molecule is NS(=O)(=O)NC1c2c(ccc(F)c2F)CC1(F)F. The van der Waals surface area contributed by atoms with Gasteiger partial charge in [0.25, 0.3) is 16.1 Å². The third-order valence-corrected chi connectivity index (χ3v) is 3.21. The fourth-order valence-electron chi connectivity index (χ4n) is 1.95. The van der Waals surface area contributed by atoms with E-state index < -0.39 is 45.8 Å². The zero-order valence-electron chi connectivity index (χ0n) is 8.75. The zero-order valence-corrected chi connectivity index (χ0v) is 9.57. The van der Waals surface area contributed by atoms with Gasteiger partial charge in [-0.2, -0.15) is 13.1 Å². The lowest BCUT2D eigenvalue weighted by Crippen LogP contribution is -2.41. The Morgan fingerprint density at radius 2 is 1.94 bits per heavy atom. The minimum atomic E-state index is -4.47. The van der Waals surface area contributed by atoms with Gasteiger partial charge in [-0.05, 0) is 11.6 Å². The Bertz CT molecular complexity index is 603. The highest BCUT2D eigenvalue weighted by atomic mass is 32.2. The van der Waals surface area contributed by atoms with E-state index in [1.807, 2.05) is 0 Å². The number of nitrogens with two attached hydrogens (primary N) is 1. The molecule has 100 valence electrons. The van der Waals surface area contributed by atoms with Crippen molar-refractivity contribution in [2.45, 2.75) is 18.4 Å². The van der Waals surface area contributed by atoms with Crippen LogP contribution in [0.3, 0.4) is 0 Å². The molecule has 4 nitrogen and oxygen atoms in total. The van der Waals surface area contributed by atoms with Gasteiger partial charge in [0.05, 0.1) is 0 Å². The lowest BCUT2D eigenvalue weighted by molar-refractivity contribution is -0.0194. The molecule has 0 bridgehead atoms. The highest BCUT2D eigenvalue weighted by Gasteiger charge is 2.50. The van der Waals surface area contributed by atoms with Gasteiger partial charge in [0.2, 0.25) is 0 Å². The number of hydrogen-bond donors (Lipinski definition) is 2. The van der Waals surface area contributed by atoms with Crippen molar-refractivity contribution in [1.82, 2.24) is 4.72 Å². The van der Waals surface area contributed by atoms with Gasteiger partial charge in [-0.25, -0.2) is 22.7 Å². The van der Waals surface area contributed by atoms with Crippen molar-refractivity contribution in [3.63, 3.8) is 0 Å². The third-order valence-electron chi connectivity index (χ3n) is 2.64. The average molecular weight is 284 g/mol. The molecule has 2 rings (SSSR count). The van der Waals surface area contributed by atoms with Crippen LogP contribution in [0.2, 0.25) is 0 Å². The maximum absolute atomic E-state index is 13.6. The molecule has 0 aliphatic heterocycles. The van der Waals surface area contributed by atoms with Gasteiger partial charge in [0.15, 0.2) is 11.6 Å². The summed E-state index contributed by atoms with van der Waals surface area (Å²) in [6.07, 6.45) is -0.882. The van der Waals surface area contributed by atoms with Crippen LogP contribution in [0.1, 0.15) is 17.2 Å². The molecule has 1 aliphatic carbocycles. The van der Waals surface area contributed by atoms with Crippen LogP contribution in [0.5, 0.6) is 0 Å². The predicted octanol–water partition coefficient (Wildman–Crippen LogP) is 0.990. The van der Waals surface area contributed by atoms with Crippen molar-refractivity contribution in [2.24, 2.45) is 5.14 Å². The molecule has 1 aliphatic rings. The second-order valence-electron chi connectivity index (χ2n) is 3.97. The number of halogens is 4. The molecular formula is C9H8F4N2O2S. The van der Waals surface area contributed by atoms with Crippen LogP contribution in [0.4, 0.5) is 17.6 Å². The van der Waals surface area contributed by atoms with Gasteiger partial charge in [-0.15, -0.1) is 0 Å². The fourth-order valence-corrected chi connectivity index (χ4v) is 2.57. The van der Waals surface area contributed by atoms with E-state index in [1.165, 1.54) is 4.72 Å². The molecule has 0 radical (unpaired) electrons. The summed E-state index contributed by atoms with van der Waals surface area (Å²) >= 11 is 0. The summed E-state index contributed by atoms with van der Waals surface area (Å²) < 4.78 is 76.7. The number of rotatable bonds is 2. The van der Waals surface area contributed by atoms with Crippen LogP contribution in [0.25, 0.3) is 0 Å². The molecule has 1 aromatic rings. The van der Waals surface area contributed by atoms with Gasteiger partial charge < -0.3 is 0 Å². The number of nitrogens with one attached hydrogen (secondary N) is 1. The van der Waals surface area contributed by atoms with E-state index in [-0.39, 0.29) is 5.56 Å². The molecule has 0 saturated carbocycles. The number of fused-ring (bicyclic) bond motifs is 1. The Labute approximate surface area is 100.0 Å². The van der Waals surface area contributed by atoms with Gasteiger partial charge >= 0.3 is 0 Å². The summed E-state index contributed by atoms with van der Waals surface area (Å²) in [5.41, 5.74) is -0.853. The van der Waals surface area contributed by atoms with E-state index in [1.54, 1.807) is 0 Å². The van der Waals surface area contributed by atoms with Crippen molar-refractivity contribution in [2.75, 3.05) is 0 Å². The molecule has 0 spiro atoms. The van der Waals surface area contributed by atoms with Gasteiger partial charge in [0, 0.05) is 12.0 Å². The molecule has 0 saturated heterocycles. The van der Waals surface area contributed by atoms with Crippen LogP contribution in [-0.4, -0.2) is 14.3 Å². The molecule has 1 unspecified atom stereocenters. The molecule has 1 atom stereocenters. The third kappa shape index (κ3) is 2.20. The van der Waals surface area contributed by atoms with Crippen molar-refractivity contribution in [3.8, 4) is 0 Å². The van der Waals surface area contributed by atoms with E-state index in [0.717, 1.165) is 6.07 Å². The quantitative estimate of drug-likeness (QED) is 0.795. The number of alkyl halides is 2. The molecule has 0 heterocycles. The Morgan fingerprint density at radius 3 is 2.50 bits per heavy atom. The Balaban J connectivity index is 2.57. The highest BCUT2D eigenvalue weighted by Crippen LogP contribution is 2.44. The molecule has 0 amide bonds.